The van der Waals surface area contributed by atoms with Gasteiger partial charge in [-0.05, 0) is 141 Å². The van der Waals surface area contributed by atoms with Gasteiger partial charge in [0.2, 0.25) is 5.89 Å². The van der Waals surface area contributed by atoms with Gasteiger partial charge in [-0.15, -0.1) is 15.3 Å². The Balaban J connectivity index is 0.000000177. The van der Waals surface area contributed by atoms with E-state index < -0.39 is 16.1 Å². The highest BCUT2D eigenvalue weighted by atomic mass is 32.2. The first-order valence-electron chi connectivity index (χ1n) is 26.8. The average Bonchev–Trinajstić information content (AvgIpc) is 3.23. The molecule has 0 fully saturated rings. The number of amides is 1. The van der Waals surface area contributed by atoms with Crippen LogP contribution in [0.1, 0.15) is 78.9 Å². The standard InChI is InChI=1S/C18H20N4O2.C18H18N4O.C11H13N3O2.C7H9NO2.C7H8O3S.H2O/c1-11(2)10-22-15-8-7-13(9-14(15)20-21-22)18(24)19-17-12(3)5-4-6-16(17)23;1-11(2)10-22-15-8-7-13(9-14(15)20-21-22)18-19-17-12(3)5-4-6-16(17)23-18;1-7(2)6-14-10-4-3-8(11(15)16)5-9(10)12-13-14;1-10-6-4-2-3-5(9)7(6)8;1-6-2-4-7(5-3-6)11(8,9)10;/h4-9,11,23H,10H2,1-3H3,(H,19,24);4-9,11H,10H2,1-3H3;3-5,7H,6H2,1-2H3,(H,15,16);2-4,9H,8H2,1H3;2-5H,1H3,(H,8,9,10);1H2. The maximum Gasteiger partial charge on any atom is 0.335 e. The van der Waals surface area contributed by atoms with Crippen molar-refractivity contribution >= 4 is 77.6 Å². The molecule has 0 radical (unpaired) electrons. The van der Waals surface area contributed by atoms with E-state index in [1.165, 1.54) is 25.3 Å². The van der Waals surface area contributed by atoms with Crippen LogP contribution < -0.4 is 15.8 Å². The van der Waals surface area contributed by atoms with Crippen molar-refractivity contribution in [2.75, 3.05) is 18.2 Å². The summed E-state index contributed by atoms with van der Waals surface area (Å²) in [5.41, 5.74) is 17.3. The number of nitrogens with one attached hydrogen (secondary N) is 1. The first kappa shape index (κ1) is 64.4. The summed E-state index contributed by atoms with van der Waals surface area (Å²) in [6, 6.07) is 38.1. The number of phenols is 2. The van der Waals surface area contributed by atoms with Gasteiger partial charge >= 0.3 is 5.97 Å². The molecule has 0 spiro atoms. The molecule has 23 nitrogen and oxygen atoms in total. The number of methoxy groups -OCH3 is 1. The van der Waals surface area contributed by atoms with Crippen LogP contribution in [0.4, 0.5) is 11.4 Å². The fourth-order valence-corrected chi connectivity index (χ4v) is 8.88. The van der Waals surface area contributed by atoms with Crippen molar-refractivity contribution in [2.45, 2.75) is 86.8 Å². The number of nitrogens with two attached hydrogens (primary N) is 1. The highest BCUT2D eigenvalue weighted by molar-refractivity contribution is 7.85. The van der Waals surface area contributed by atoms with E-state index in [2.05, 4.69) is 82.8 Å². The number of para-hydroxylation sites is 3. The number of nitrogen functional groups attached to an aromatic ring is 1. The maximum absolute atomic E-state index is 12.5. The van der Waals surface area contributed by atoms with Gasteiger partial charge in [0.25, 0.3) is 16.0 Å². The molecule has 1 amide bonds. The van der Waals surface area contributed by atoms with Gasteiger partial charge in [0.15, 0.2) is 5.58 Å². The Morgan fingerprint density at radius 3 is 1.61 bits per heavy atom. The second-order valence-electron chi connectivity index (χ2n) is 21.0. The van der Waals surface area contributed by atoms with E-state index in [0.717, 1.165) is 75.1 Å². The van der Waals surface area contributed by atoms with Crippen LogP contribution in [0.25, 0.3) is 55.7 Å². The van der Waals surface area contributed by atoms with Crippen LogP contribution in [0.2, 0.25) is 0 Å². The molecule has 446 valence electrons. The molecule has 0 aliphatic heterocycles. The largest absolute Gasteiger partial charge is 0.506 e. The lowest BCUT2D eigenvalue weighted by Gasteiger charge is -2.10. The van der Waals surface area contributed by atoms with Crippen LogP contribution in [0.15, 0.2) is 143 Å². The zero-order valence-electron chi connectivity index (χ0n) is 48.8. The Bertz CT molecular complexity index is 4170. The zero-order chi connectivity index (χ0) is 61.0. The van der Waals surface area contributed by atoms with Crippen molar-refractivity contribution in [1.82, 2.24) is 50.0 Å². The number of carbonyl (C=O) groups is 2. The number of rotatable bonds is 12. The first-order chi connectivity index (χ1) is 39.9. The minimum Gasteiger partial charge on any atom is -0.506 e. The van der Waals surface area contributed by atoms with Gasteiger partial charge in [0.05, 0.1) is 39.8 Å². The van der Waals surface area contributed by atoms with Crippen LogP contribution in [0, 0.1) is 38.5 Å². The van der Waals surface area contributed by atoms with Gasteiger partial charge in [0.1, 0.15) is 45.0 Å². The summed E-state index contributed by atoms with van der Waals surface area (Å²) in [4.78, 5) is 27.8. The number of oxazole rings is 1. The Morgan fingerprint density at radius 1 is 0.635 bits per heavy atom. The molecule has 4 heterocycles. The number of carboxylic acid groups (broad SMARTS) is 1. The number of hydrogen-bond donors (Lipinski definition) is 6. The Hall–Kier alpha value is -9.78. The summed E-state index contributed by atoms with van der Waals surface area (Å²) in [6.07, 6.45) is 0. The van der Waals surface area contributed by atoms with Crippen molar-refractivity contribution < 1.29 is 52.5 Å². The molecule has 11 rings (SSSR count). The predicted octanol–water partition coefficient (Wildman–Crippen LogP) is 10.7. The summed E-state index contributed by atoms with van der Waals surface area (Å²) in [5.74, 6) is 1.45. The fraction of sp³-hybridized carbons (Fsp3) is 0.262. The van der Waals surface area contributed by atoms with Crippen molar-refractivity contribution in [3.8, 4) is 28.7 Å². The van der Waals surface area contributed by atoms with E-state index >= 15 is 0 Å². The molecule has 0 bridgehead atoms. The minimum atomic E-state index is -4.02. The topological polar surface area (TPSA) is 346 Å². The predicted molar refractivity (Wildman–Crippen MR) is 326 cm³/mol. The molecule has 0 aliphatic rings. The Labute approximate surface area is 490 Å². The van der Waals surface area contributed by atoms with E-state index in [4.69, 9.17) is 29.7 Å². The van der Waals surface area contributed by atoms with E-state index in [-0.39, 0.29) is 39.0 Å². The number of carbonyl (C=O) groups excluding carboxylic acids is 1. The number of ether oxygens (including phenoxy) is 1. The van der Waals surface area contributed by atoms with Gasteiger partial charge in [-0.1, -0.05) is 105 Å². The number of aryl methyl sites for hydroxylation is 3. The molecule has 11 aromatic rings. The lowest BCUT2D eigenvalue weighted by atomic mass is 10.1. The summed E-state index contributed by atoms with van der Waals surface area (Å²) in [7, 11) is -2.51. The molecule has 4 aromatic heterocycles. The molecule has 0 saturated heterocycles. The molecule has 0 saturated carbocycles. The van der Waals surface area contributed by atoms with Crippen molar-refractivity contribution in [2.24, 2.45) is 17.8 Å². The SMILES string of the molecule is CC(C)Cn1nnc2cc(C(=O)O)ccc21.COc1cccc(O)c1N.Cc1ccc(S(=O)(=O)O)cc1.Cc1cccc(O)c1NC(=O)c1ccc2c(c1)nnn2CC(C)C.Cc1cccc2oc(-c3ccc4c(c3)nnn4CC(C)C)nc12.O. The van der Waals surface area contributed by atoms with Crippen molar-refractivity contribution in [3.63, 3.8) is 0 Å². The van der Waals surface area contributed by atoms with E-state index in [1.807, 2.05) is 78.7 Å². The highest BCUT2D eigenvalue weighted by Gasteiger charge is 2.16. The van der Waals surface area contributed by atoms with Gasteiger partial charge in [-0.2, -0.15) is 8.42 Å². The van der Waals surface area contributed by atoms with Gasteiger partial charge in [-0.3, -0.25) is 9.35 Å². The maximum atomic E-state index is 12.5. The van der Waals surface area contributed by atoms with E-state index in [1.54, 1.807) is 71.4 Å². The molecule has 9 N–H and O–H groups in total. The second-order valence-corrected chi connectivity index (χ2v) is 22.4. The van der Waals surface area contributed by atoms with Crippen LogP contribution in [0.5, 0.6) is 17.2 Å². The highest BCUT2D eigenvalue weighted by Crippen LogP contribution is 2.31. The van der Waals surface area contributed by atoms with Crippen LogP contribution in [0.3, 0.4) is 0 Å². The van der Waals surface area contributed by atoms with Crippen LogP contribution in [-0.2, 0) is 29.8 Å². The van der Waals surface area contributed by atoms with Gasteiger partial charge in [0, 0.05) is 30.8 Å². The smallest absolute Gasteiger partial charge is 0.335 e. The number of benzene rings is 7. The number of carboxylic acids is 1. The number of fused-ring (bicyclic) bond motifs is 4. The normalized spacial score (nSPS) is 11.0. The Morgan fingerprint density at radius 2 is 1.12 bits per heavy atom. The summed E-state index contributed by atoms with van der Waals surface area (Å²) < 4.78 is 45.9. The number of anilines is 2. The van der Waals surface area contributed by atoms with Crippen molar-refractivity contribution in [3.05, 3.63) is 161 Å². The van der Waals surface area contributed by atoms with E-state index in [0.29, 0.717) is 51.7 Å². The summed E-state index contributed by atoms with van der Waals surface area (Å²) in [6.45, 7) is 20.9. The lowest BCUT2D eigenvalue weighted by Crippen LogP contribution is -2.13. The third kappa shape index (κ3) is 16.7. The van der Waals surface area contributed by atoms with Gasteiger partial charge < -0.3 is 41.0 Å². The summed E-state index contributed by atoms with van der Waals surface area (Å²) >= 11 is 0. The number of nitrogens with zero attached hydrogens (tertiary/aromatic N) is 10. The van der Waals surface area contributed by atoms with Crippen LogP contribution in [-0.4, -0.2) is 103 Å². The quantitative estimate of drug-likeness (QED) is 0.0376. The monoisotopic (exact) mass is 1180 g/mol. The molecule has 7 aromatic carbocycles. The molecule has 0 atom stereocenters. The third-order valence-electron chi connectivity index (χ3n) is 12.6. The van der Waals surface area contributed by atoms with Crippen LogP contribution >= 0.6 is 0 Å². The van der Waals surface area contributed by atoms with E-state index in [9.17, 15) is 23.1 Å². The fourth-order valence-electron chi connectivity index (χ4n) is 8.40. The van der Waals surface area contributed by atoms with Crippen molar-refractivity contribution in [1.29, 1.82) is 0 Å². The number of aromatic nitrogens is 10. The third-order valence-corrected chi connectivity index (χ3v) is 13.5. The molecule has 85 heavy (non-hydrogen) atoms. The first-order valence-corrected chi connectivity index (χ1v) is 28.2. The Kier molecular flexibility index (Phi) is 21.6. The molecular weight excluding hydrogens is 1110 g/mol. The number of aromatic hydroxyl groups is 2. The van der Waals surface area contributed by atoms with Gasteiger partial charge in [-0.25, -0.2) is 23.8 Å². The molecule has 0 aliphatic carbocycles. The lowest BCUT2D eigenvalue weighted by molar-refractivity contribution is 0.0696. The average molecular weight is 1180 g/mol. The molecule has 24 heteroatoms. The number of aromatic carboxylic acids is 1. The molecular formula is C61H70N12O11S. The zero-order valence-corrected chi connectivity index (χ0v) is 49.6. The second kappa shape index (κ2) is 28.5. The number of hydrogen-bond acceptors (Lipinski definition) is 16. The summed E-state index contributed by atoms with van der Waals surface area (Å²) in [5, 5.41) is 55.3. The minimum absolute atomic E-state index is 0. The number of phenolic OH excluding ortho intramolecular Hbond substituents is 2. The molecule has 0 unspecified atom stereocenters.